The van der Waals surface area contributed by atoms with Crippen molar-refractivity contribution in [3.8, 4) is 0 Å². The summed E-state index contributed by atoms with van der Waals surface area (Å²) in [5, 5.41) is 0.793. The lowest BCUT2D eigenvalue weighted by atomic mass is 10.2. The van der Waals surface area contributed by atoms with Gasteiger partial charge in [0, 0.05) is 24.8 Å². The zero-order valence-corrected chi connectivity index (χ0v) is 12.5. The molecule has 0 atom stereocenters. The van der Waals surface area contributed by atoms with E-state index in [4.69, 9.17) is 4.42 Å². The van der Waals surface area contributed by atoms with Crippen molar-refractivity contribution in [2.75, 3.05) is 11.9 Å². The highest BCUT2D eigenvalue weighted by Gasteiger charge is 2.30. The highest BCUT2D eigenvalue weighted by Crippen LogP contribution is 2.25. The molecule has 1 aromatic heterocycles. The van der Waals surface area contributed by atoms with Crippen molar-refractivity contribution in [1.29, 1.82) is 0 Å². The fraction of sp³-hybridized carbons (Fsp3) is 0.692. The Morgan fingerprint density at radius 3 is 2.61 bits per heavy atom. The van der Waals surface area contributed by atoms with Crippen LogP contribution in [0.3, 0.4) is 0 Å². The van der Waals surface area contributed by atoms with Gasteiger partial charge in [-0.05, 0) is 19.8 Å². The van der Waals surface area contributed by atoms with E-state index in [2.05, 4.69) is 20.9 Å². The van der Waals surface area contributed by atoms with E-state index in [-0.39, 0.29) is 5.91 Å². The number of carbonyl (C=O) groups excluding carboxylic acids is 1. The Morgan fingerprint density at radius 2 is 2.11 bits per heavy atom. The summed E-state index contributed by atoms with van der Waals surface area (Å²) in [4.78, 5) is 18.6. The molecule has 18 heavy (non-hydrogen) atoms. The largest absolute Gasteiger partial charge is 0.436 e. The van der Waals surface area contributed by atoms with Crippen LogP contribution in [0.4, 0.5) is 0 Å². The second-order valence-electron chi connectivity index (χ2n) is 4.77. The number of aryl methyl sites for hydroxylation is 2. The van der Waals surface area contributed by atoms with Crippen LogP contribution in [-0.2, 0) is 0 Å². The summed E-state index contributed by atoms with van der Waals surface area (Å²) < 4.78 is 5.45. The Morgan fingerprint density at radius 1 is 1.44 bits per heavy atom. The average Bonchev–Trinajstić information content (AvgIpc) is 2.95. The number of hydrogen-bond acceptors (Lipinski definition) is 3. The highest BCUT2D eigenvalue weighted by molar-refractivity contribution is 9.09. The third-order valence-corrected chi connectivity index (χ3v) is 3.80. The smallest absolute Gasteiger partial charge is 0.291 e. The molecule has 1 aromatic rings. The number of rotatable bonds is 4. The number of amides is 1. The molecule has 1 saturated carbocycles. The predicted molar refractivity (Wildman–Crippen MR) is 73.1 cm³/mol. The van der Waals surface area contributed by atoms with E-state index < -0.39 is 0 Å². The minimum Gasteiger partial charge on any atom is -0.436 e. The van der Waals surface area contributed by atoms with E-state index in [0.29, 0.717) is 23.4 Å². The summed E-state index contributed by atoms with van der Waals surface area (Å²) in [6, 6.07) is 0.361. The zero-order chi connectivity index (χ0) is 13.1. The minimum atomic E-state index is -0.0144. The number of aromatic nitrogens is 1. The van der Waals surface area contributed by atoms with Gasteiger partial charge in [-0.15, -0.1) is 0 Å². The van der Waals surface area contributed by atoms with Crippen LogP contribution in [0.25, 0.3) is 0 Å². The lowest BCUT2D eigenvalue weighted by molar-refractivity contribution is 0.0661. The summed E-state index contributed by atoms with van der Waals surface area (Å²) in [6.07, 6.45) is 4.63. The lowest BCUT2D eigenvalue weighted by Crippen LogP contribution is -2.40. The third-order valence-electron chi connectivity index (χ3n) is 3.45. The Bertz CT molecular complexity index is 425. The van der Waals surface area contributed by atoms with Crippen molar-refractivity contribution >= 4 is 21.8 Å². The summed E-state index contributed by atoms with van der Waals surface area (Å²) >= 11 is 3.42. The van der Waals surface area contributed by atoms with Crippen LogP contribution in [0, 0.1) is 13.8 Å². The molecular formula is C13H19BrN2O2. The predicted octanol–water partition coefficient (Wildman–Crippen LogP) is 3.07. The van der Waals surface area contributed by atoms with Gasteiger partial charge in [0.25, 0.3) is 5.91 Å². The first-order valence-electron chi connectivity index (χ1n) is 6.44. The summed E-state index contributed by atoms with van der Waals surface area (Å²) in [5.41, 5.74) is 0.690. The second-order valence-corrected chi connectivity index (χ2v) is 5.57. The number of halogens is 1. The van der Waals surface area contributed by atoms with E-state index in [1.54, 1.807) is 6.92 Å². The normalized spacial score (nSPS) is 16.2. The van der Waals surface area contributed by atoms with Gasteiger partial charge in [0.1, 0.15) is 0 Å². The van der Waals surface area contributed by atoms with Crippen molar-refractivity contribution in [1.82, 2.24) is 9.88 Å². The van der Waals surface area contributed by atoms with Crippen molar-refractivity contribution in [2.24, 2.45) is 0 Å². The Hall–Kier alpha value is -0.840. The van der Waals surface area contributed by atoms with Crippen LogP contribution in [-0.4, -0.2) is 33.7 Å². The molecule has 1 aliphatic carbocycles. The van der Waals surface area contributed by atoms with Crippen molar-refractivity contribution in [2.45, 2.75) is 45.6 Å². The average molecular weight is 315 g/mol. The SMILES string of the molecule is Cc1nc(C)c(C(=O)N(CCBr)C2CCCC2)o1. The first kappa shape index (κ1) is 13.6. The maximum atomic E-state index is 12.5. The fourth-order valence-electron chi connectivity index (χ4n) is 2.62. The molecule has 1 fully saturated rings. The van der Waals surface area contributed by atoms with Gasteiger partial charge < -0.3 is 9.32 Å². The van der Waals surface area contributed by atoms with Crippen molar-refractivity contribution in [3.05, 3.63) is 17.3 Å². The summed E-state index contributed by atoms with van der Waals surface area (Å²) in [6.45, 7) is 4.32. The zero-order valence-electron chi connectivity index (χ0n) is 10.9. The van der Waals surface area contributed by atoms with Gasteiger partial charge in [-0.25, -0.2) is 4.98 Å². The molecule has 0 N–H and O–H groups in total. The Kier molecular flexibility index (Phi) is 4.43. The molecule has 1 heterocycles. The first-order valence-corrected chi connectivity index (χ1v) is 7.56. The molecule has 0 aromatic carbocycles. The molecule has 5 heteroatoms. The molecule has 4 nitrogen and oxygen atoms in total. The van der Waals surface area contributed by atoms with Gasteiger partial charge in [-0.1, -0.05) is 28.8 Å². The van der Waals surface area contributed by atoms with E-state index in [9.17, 15) is 4.79 Å². The third kappa shape index (κ3) is 2.76. The van der Waals surface area contributed by atoms with E-state index in [0.717, 1.165) is 24.7 Å². The maximum absolute atomic E-state index is 12.5. The van der Waals surface area contributed by atoms with Crippen LogP contribution in [0.1, 0.15) is 47.8 Å². The molecule has 0 radical (unpaired) electrons. The maximum Gasteiger partial charge on any atom is 0.291 e. The van der Waals surface area contributed by atoms with Gasteiger partial charge in [0.05, 0.1) is 5.69 Å². The molecule has 0 bridgehead atoms. The molecule has 1 amide bonds. The molecule has 2 rings (SSSR count). The second kappa shape index (κ2) is 5.87. The van der Waals surface area contributed by atoms with Crippen LogP contribution in [0.15, 0.2) is 4.42 Å². The molecule has 0 unspecified atom stereocenters. The van der Waals surface area contributed by atoms with Crippen molar-refractivity contribution in [3.63, 3.8) is 0 Å². The Labute approximate surface area is 116 Å². The molecule has 0 aliphatic heterocycles. The van der Waals surface area contributed by atoms with Crippen LogP contribution < -0.4 is 0 Å². The Balaban J connectivity index is 2.19. The highest BCUT2D eigenvalue weighted by atomic mass is 79.9. The number of oxazole rings is 1. The van der Waals surface area contributed by atoms with Crippen LogP contribution in [0.2, 0.25) is 0 Å². The van der Waals surface area contributed by atoms with Gasteiger partial charge in [-0.3, -0.25) is 4.79 Å². The molecule has 0 saturated heterocycles. The molecule has 0 spiro atoms. The van der Waals surface area contributed by atoms with Gasteiger partial charge in [0.15, 0.2) is 5.89 Å². The number of nitrogens with zero attached hydrogens (tertiary/aromatic N) is 2. The lowest BCUT2D eigenvalue weighted by Gasteiger charge is -2.27. The quantitative estimate of drug-likeness (QED) is 0.802. The topological polar surface area (TPSA) is 46.3 Å². The van der Waals surface area contributed by atoms with E-state index in [1.165, 1.54) is 12.8 Å². The summed E-state index contributed by atoms with van der Waals surface area (Å²) in [7, 11) is 0. The summed E-state index contributed by atoms with van der Waals surface area (Å²) in [5.74, 6) is 0.945. The number of carbonyl (C=O) groups is 1. The van der Waals surface area contributed by atoms with Crippen LogP contribution >= 0.6 is 15.9 Å². The van der Waals surface area contributed by atoms with E-state index >= 15 is 0 Å². The number of hydrogen-bond donors (Lipinski definition) is 0. The van der Waals surface area contributed by atoms with Gasteiger partial charge >= 0.3 is 0 Å². The van der Waals surface area contributed by atoms with Crippen molar-refractivity contribution < 1.29 is 9.21 Å². The van der Waals surface area contributed by atoms with Gasteiger partial charge in [-0.2, -0.15) is 0 Å². The minimum absolute atomic E-state index is 0.0144. The molecule has 100 valence electrons. The fourth-order valence-corrected chi connectivity index (χ4v) is 3.00. The molecule has 1 aliphatic rings. The standard InChI is InChI=1S/C13H19BrN2O2/c1-9-12(18-10(2)15-9)13(17)16(8-7-14)11-5-3-4-6-11/h11H,3-8H2,1-2H3. The van der Waals surface area contributed by atoms with Crippen LogP contribution in [0.5, 0.6) is 0 Å². The monoisotopic (exact) mass is 314 g/mol. The van der Waals surface area contributed by atoms with E-state index in [1.807, 2.05) is 11.8 Å². The molecular weight excluding hydrogens is 296 g/mol. The first-order chi connectivity index (χ1) is 8.63. The number of alkyl halides is 1. The van der Waals surface area contributed by atoms with Gasteiger partial charge in [0.2, 0.25) is 5.76 Å².